The first-order valence-electron chi connectivity index (χ1n) is 8.26. The second-order valence-electron chi connectivity index (χ2n) is 6.23. The van der Waals surface area contributed by atoms with E-state index >= 15 is 0 Å². The van der Waals surface area contributed by atoms with Gasteiger partial charge in [-0.1, -0.05) is 30.3 Å². The lowest BCUT2D eigenvalue weighted by Crippen LogP contribution is -2.13. The summed E-state index contributed by atoms with van der Waals surface area (Å²) in [5.41, 5.74) is 3.75. The number of aryl methyl sites for hydroxylation is 1. The Kier molecular flexibility index (Phi) is 4.70. The molecule has 0 atom stereocenters. The number of carbonyl (C=O) groups excluding carboxylic acids is 1. The predicted octanol–water partition coefficient (Wildman–Crippen LogP) is 4.69. The molecule has 24 heavy (non-hydrogen) atoms. The standard InChI is InChI=1S/C21H22O3/c1-14(2)24-19-11-8-15(13-20(19)23-3)12-17-10-9-16-6-4-5-7-18(16)21(17)22/h4-8,11-14H,9-10H2,1-3H3/b17-12-. The molecule has 3 rings (SSSR count). The van der Waals surface area contributed by atoms with Crippen LogP contribution in [0.15, 0.2) is 48.0 Å². The number of ether oxygens (including phenoxy) is 2. The van der Waals surface area contributed by atoms with Crippen molar-refractivity contribution >= 4 is 11.9 Å². The van der Waals surface area contributed by atoms with Crippen LogP contribution in [0.25, 0.3) is 6.08 Å². The Morgan fingerprint density at radius 3 is 2.58 bits per heavy atom. The molecule has 3 heteroatoms. The number of methoxy groups -OCH3 is 1. The molecule has 0 saturated heterocycles. The molecule has 0 saturated carbocycles. The average Bonchev–Trinajstić information content (AvgIpc) is 2.58. The lowest BCUT2D eigenvalue weighted by atomic mass is 9.86. The number of hydrogen-bond acceptors (Lipinski definition) is 3. The zero-order chi connectivity index (χ0) is 17.1. The highest BCUT2D eigenvalue weighted by Gasteiger charge is 2.21. The maximum Gasteiger partial charge on any atom is 0.189 e. The van der Waals surface area contributed by atoms with Gasteiger partial charge >= 0.3 is 0 Å². The van der Waals surface area contributed by atoms with E-state index in [9.17, 15) is 4.79 Å². The topological polar surface area (TPSA) is 35.5 Å². The molecule has 1 aliphatic rings. The van der Waals surface area contributed by atoms with Gasteiger partial charge in [0.25, 0.3) is 0 Å². The third-order valence-corrected chi connectivity index (χ3v) is 4.11. The van der Waals surface area contributed by atoms with Gasteiger partial charge in [0.1, 0.15) is 0 Å². The van der Waals surface area contributed by atoms with E-state index in [1.54, 1.807) is 7.11 Å². The molecule has 0 heterocycles. The van der Waals surface area contributed by atoms with E-state index in [1.807, 2.05) is 62.4 Å². The quantitative estimate of drug-likeness (QED) is 0.766. The van der Waals surface area contributed by atoms with Crippen molar-refractivity contribution < 1.29 is 14.3 Å². The SMILES string of the molecule is COc1cc(/C=C2/CCc3ccccc3C2=O)ccc1OC(C)C. The highest BCUT2D eigenvalue weighted by molar-refractivity contribution is 6.13. The minimum atomic E-state index is 0.0829. The molecule has 0 aromatic heterocycles. The van der Waals surface area contributed by atoms with E-state index in [0.29, 0.717) is 5.75 Å². The van der Waals surface area contributed by atoms with Crippen LogP contribution in [-0.2, 0) is 6.42 Å². The fourth-order valence-corrected chi connectivity index (χ4v) is 2.98. The van der Waals surface area contributed by atoms with Crippen LogP contribution in [-0.4, -0.2) is 19.0 Å². The van der Waals surface area contributed by atoms with Crippen molar-refractivity contribution in [2.75, 3.05) is 7.11 Å². The Balaban J connectivity index is 1.90. The summed E-state index contributed by atoms with van der Waals surface area (Å²) in [6.07, 6.45) is 3.71. The second kappa shape index (κ2) is 6.91. The highest BCUT2D eigenvalue weighted by Crippen LogP contribution is 2.31. The fraction of sp³-hybridized carbons (Fsp3) is 0.286. The Hall–Kier alpha value is -2.55. The van der Waals surface area contributed by atoms with Crippen LogP contribution < -0.4 is 9.47 Å². The minimum absolute atomic E-state index is 0.0829. The molecular formula is C21H22O3. The molecule has 0 bridgehead atoms. The van der Waals surface area contributed by atoms with Crippen LogP contribution in [0.5, 0.6) is 11.5 Å². The number of hydrogen-bond donors (Lipinski definition) is 0. The minimum Gasteiger partial charge on any atom is -0.493 e. The first kappa shape index (κ1) is 16.3. The normalized spacial score (nSPS) is 15.5. The van der Waals surface area contributed by atoms with Gasteiger partial charge in [-0.3, -0.25) is 4.79 Å². The molecule has 0 spiro atoms. The van der Waals surface area contributed by atoms with Gasteiger partial charge in [-0.25, -0.2) is 0 Å². The summed E-state index contributed by atoms with van der Waals surface area (Å²) < 4.78 is 11.2. The van der Waals surface area contributed by atoms with Crippen LogP contribution in [0.4, 0.5) is 0 Å². The van der Waals surface area contributed by atoms with E-state index in [-0.39, 0.29) is 11.9 Å². The van der Waals surface area contributed by atoms with Gasteiger partial charge in [-0.05, 0) is 56.0 Å². The van der Waals surface area contributed by atoms with Crippen molar-refractivity contribution in [1.29, 1.82) is 0 Å². The van der Waals surface area contributed by atoms with Gasteiger partial charge < -0.3 is 9.47 Å². The molecule has 2 aromatic rings. The van der Waals surface area contributed by atoms with Gasteiger partial charge in [0.2, 0.25) is 0 Å². The Bertz CT molecular complexity index is 787. The summed E-state index contributed by atoms with van der Waals surface area (Å²) in [6.45, 7) is 3.96. The van der Waals surface area contributed by atoms with E-state index in [0.717, 1.165) is 40.9 Å². The zero-order valence-electron chi connectivity index (χ0n) is 14.3. The van der Waals surface area contributed by atoms with Crippen molar-refractivity contribution in [2.45, 2.75) is 32.8 Å². The summed E-state index contributed by atoms with van der Waals surface area (Å²) >= 11 is 0. The number of allylic oxidation sites excluding steroid dienone is 1. The first-order valence-corrected chi connectivity index (χ1v) is 8.26. The van der Waals surface area contributed by atoms with Crippen molar-refractivity contribution in [3.8, 4) is 11.5 Å². The Morgan fingerprint density at radius 1 is 1.04 bits per heavy atom. The van der Waals surface area contributed by atoms with Crippen LogP contribution >= 0.6 is 0 Å². The average molecular weight is 322 g/mol. The van der Waals surface area contributed by atoms with Crippen molar-refractivity contribution in [2.24, 2.45) is 0 Å². The first-order chi connectivity index (χ1) is 11.6. The fourth-order valence-electron chi connectivity index (χ4n) is 2.98. The summed E-state index contributed by atoms with van der Waals surface area (Å²) in [4.78, 5) is 12.7. The Morgan fingerprint density at radius 2 is 1.83 bits per heavy atom. The number of rotatable bonds is 4. The number of ketones is 1. The molecule has 3 nitrogen and oxygen atoms in total. The predicted molar refractivity (Wildman–Crippen MR) is 95.8 cm³/mol. The second-order valence-corrected chi connectivity index (χ2v) is 6.23. The molecule has 2 aromatic carbocycles. The molecule has 124 valence electrons. The number of carbonyl (C=O) groups is 1. The smallest absolute Gasteiger partial charge is 0.189 e. The maximum absolute atomic E-state index is 12.7. The molecule has 0 fully saturated rings. The molecular weight excluding hydrogens is 300 g/mol. The molecule has 0 radical (unpaired) electrons. The van der Waals surface area contributed by atoms with E-state index < -0.39 is 0 Å². The molecule has 0 amide bonds. The number of Topliss-reactive ketones (excluding diaryl/α,β-unsaturated/α-hetero) is 1. The summed E-state index contributed by atoms with van der Waals surface area (Å²) in [6, 6.07) is 13.6. The number of benzene rings is 2. The van der Waals surface area contributed by atoms with Gasteiger partial charge in [0, 0.05) is 11.1 Å². The van der Waals surface area contributed by atoms with E-state index in [4.69, 9.17) is 9.47 Å². The van der Waals surface area contributed by atoms with Gasteiger partial charge in [-0.2, -0.15) is 0 Å². The Labute approximate surface area is 142 Å². The molecule has 1 aliphatic carbocycles. The summed E-state index contributed by atoms with van der Waals surface area (Å²) in [5, 5.41) is 0. The third-order valence-electron chi connectivity index (χ3n) is 4.11. The van der Waals surface area contributed by atoms with Crippen molar-refractivity contribution in [1.82, 2.24) is 0 Å². The van der Waals surface area contributed by atoms with Gasteiger partial charge in [0.05, 0.1) is 13.2 Å². The lowest BCUT2D eigenvalue weighted by molar-refractivity contribution is 0.102. The zero-order valence-corrected chi connectivity index (χ0v) is 14.3. The molecule has 0 N–H and O–H groups in total. The van der Waals surface area contributed by atoms with Crippen LogP contribution in [0, 0.1) is 0 Å². The van der Waals surface area contributed by atoms with Crippen molar-refractivity contribution in [3.63, 3.8) is 0 Å². The van der Waals surface area contributed by atoms with E-state index in [2.05, 4.69) is 0 Å². The molecule has 0 unspecified atom stereocenters. The van der Waals surface area contributed by atoms with Crippen LogP contribution in [0.3, 0.4) is 0 Å². The van der Waals surface area contributed by atoms with Gasteiger partial charge in [-0.15, -0.1) is 0 Å². The monoisotopic (exact) mass is 322 g/mol. The van der Waals surface area contributed by atoms with Crippen LogP contribution in [0.1, 0.15) is 41.8 Å². The highest BCUT2D eigenvalue weighted by atomic mass is 16.5. The van der Waals surface area contributed by atoms with Gasteiger partial charge in [0.15, 0.2) is 17.3 Å². The van der Waals surface area contributed by atoms with E-state index in [1.165, 1.54) is 0 Å². The number of fused-ring (bicyclic) bond motifs is 1. The summed E-state index contributed by atoms with van der Waals surface area (Å²) in [5.74, 6) is 1.52. The summed E-state index contributed by atoms with van der Waals surface area (Å²) in [7, 11) is 1.63. The third kappa shape index (κ3) is 3.35. The lowest BCUT2D eigenvalue weighted by Gasteiger charge is -2.17. The molecule has 0 aliphatic heterocycles. The largest absolute Gasteiger partial charge is 0.493 e. The van der Waals surface area contributed by atoms with Crippen molar-refractivity contribution in [3.05, 3.63) is 64.7 Å². The maximum atomic E-state index is 12.7. The van der Waals surface area contributed by atoms with Crippen LogP contribution in [0.2, 0.25) is 0 Å².